The van der Waals surface area contributed by atoms with Gasteiger partial charge in [0.05, 0.1) is 0 Å². The zero-order chi connectivity index (χ0) is 11.5. The van der Waals surface area contributed by atoms with E-state index in [1.54, 1.807) is 0 Å². The minimum absolute atomic E-state index is 0.168. The summed E-state index contributed by atoms with van der Waals surface area (Å²) in [4.78, 5) is 21.7. The first-order chi connectivity index (χ1) is 7.20. The molecule has 0 saturated heterocycles. The SMILES string of the molecule is CCCC(=O)OCOCOC(=O)CCC. The summed E-state index contributed by atoms with van der Waals surface area (Å²) in [6.07, 6.45) is 2.23. The van der Waals surface area contributed by atoms with Crippen LogP contribution in [0.25, 0.3) is 0 Å². The maximum atomic E-state index is 10.8. The van der Waals surface area contributed by atoms with Crippen molar-refractivity contribution in [2.75, 3.05) is 13.6 Å². The van der Waals surface area contributed by atoms with Crippen LogP contribution in [0.4, 0.5) is 0 Å². The van der Waals surface area contributed by atoms with Gasteiger partial charge in [-0.3, -0.25) is 9.59 Å². The normalized spacial score (nSPS) is 9.73. The first-order valence-electron chi connectivity index (χ1n) is 5.09. The number of hydrogen-bond donors (Lipinski definition) is 0. The molecule has 0 rings (SSSR count). The highest BCUT2D eigenvalue weighted by Crippen LogP contribution is 1.93. The maximum Gasteiger partial charge on any atom is 0.307 e. The molecule has 15 heavy (non-hydrogen) atoms. The van der Waals surface area contributed by atoms with Crippen LogP contribution < -0.4 is 0 Å². The van der Waals surface area contributed by atoms with Gasteiger partial charge in [0.2, 0.25) is 0 Å². The summed E-state index contributed by atoms with van der Waals surface area (Å²) in [7, 11) is 0. The second-order valence-electron chi connectivity index (χ2n) is 2.97. The van der Waals surface area contributed by atoms with Crippen LogP contribution in [0.2, 0.25) is 0 Å². The molecule has 0 bridgehead atoms. The molecular weight excluding hydrogens is 200 g/mol. The van der Waals surface area contributed by atoms with Crippen molar-refractivity contribution in [3.63, 3.8) is 0 Å². The van der Waals surface area contributed by atoms with Gasteiger partial charge in [-0.1, -0.05) is 13.8 Å². The summed E-state index contributed by atoms with van der Waals surface area (Å²) in [6, 6.07) is 0. The standard InChI is InChI=1S/C10H18O5/c1-3-5-9(11)14-7-13-8-15-10(12)6-4-2/h3-8H2,1-2H3. The molecule has 0 fully saturated rings. The summed E-state index contributed by atoms with van der Waals surface area (Å²) in [5, 5.41) is 0. The summed E-state index contributed by atoms with van der Waals surface area (Å²) in [5.41, 5.74) is 0. The van der Waals surface area contributed by atoms with Gasteiger partial charge in [-0.2, -0.15) is 0 Å². The van der Waals surface area contributed by atoms with Gasteiger partial charge in [0, 0.05) is 12.8 Å². The number of ether oxygens (including phenoxy) is 3. The van der Waals surface area contributed by atoms with Crippen LogP contribution in [0.5, 0.6) is 0 Å². The minimum Gasteiger partial charge on any atom is -0.438 e. The van der Waals surface area contributed by atoms with Gasteiger partial charge < -0.3 is 14.2 Å². The van der Waals surface area contributed by atoms with Crippen LogP contribution in [-0.4, -0.2) is 25.5 Å². The first kappa shape index (κ1) is 13.9. The summed E-state index contributed by atoms with van der Waals surface area (Å²) >= 11 is 0. The molecule has 88 valence electrons. The molecule has 0 N–H and O–H groups in total. The molecule has 0 spiro atoms. The van der Waals surface area contributed by atoms with E-state index < -0.39 is 0 Å². The fraction of sp³-hybridized carbons (Fsp3) is 0.800. The topological polar surface area (TPSA) is 61.8 Å². The molecule has 0 aliphatic heterocycles. The molecule has 0 unspecified atom stereocenters. The van der Waals surface area contributed by atoms with Crippen molar-refractivity contribution in [2.24, 2.45) is 0 Å². The van der Waals surface area contributed by atoms with Crippen LogP contribution in [0.15, 0.2) is 0 Å². The number of carbonyl (C=O) groups is 2. The molecule has 0 aromatic heterocycles. The molecule has 0 aromatic rings. The summed E-state index contributed by atoms with van der Waals surface area (Å²) < 4.78 is 14.1. The number of hydrogen-bond acceptors (Lipinski definition) is 5. The monoisotopic (exact) mass is 218 g/mol. The summed E-state index contributed by atoms with van der Waals surface area (Å²) in [5.74, 6) is -0.616. The van der Waals surface area contributed by atoms with Crippen molar-refractivity contribution < 1.29 is 23.8 Å². The van der Waals surface area contributed by atoms with E-state index in [-0.39, 0.29) is 25.5 Å². The summed E-state index contributed by atoms with van der Waals surface area (Å²) in [6.45, 7) is 3.43. The highest BCUT2D eigenvalue weighted by Gasteiger charge is 2.02. The quantitative estimate of drug-likeness (QED) is 0.352. The van der Waals surface area contributed by atoms with Gasteiger partial charge in [-0.15, -0.1) is 0 Å². The highest BCUT2D eigenvalue weighted by molar-refractivity contribution is 5.69. The lowest BCUT2D eigenvalue weighted by molar-refractivity contribution is -0.176. The third kappa shape index (κ3) is 9.21. The van der Waals surface area contributed by atoms with Gasteiger partial charge in [0.25, 0.3) is 0 Å². The second-order valence-corrected chi connectivity index (χ2v) is 2.97. The van der Waals surface area contributed by atoms with Crippen LogP contribution in [0.3, 0.4) is 0 Å². The van der Waals surface area contributed by atoms with Crippen molar-refractivity contribution in [1.29, 1.82) is 0 Å². The van der Waals surface area contributed by atoms with Crippen molar-refractivity contribution in [2.45, 2.75) is 39.5 Å². The van der Waals surface area contributed by atoms with Gasteiger partial charge in [0.15, 0.2) is 13.6 Å². The highest BCUT2D eigenvalue weighted by atomic mass is 16.7. The van der Waals surface area contributed by atoms with E-state index in [0.29, 0.717) is 12.8 Å². The average Bonchev–Trinajstić information content (AvgIpc) is 2.18. The molecule has 5 heteroatoms. The molecule has 0 aliphatic rings. The Morgan fingerprint density at radius 1 is 0.867 bits per heavy atom. The van der Waals surface area contributed by atoms with Crippen molar-refractivity contribution in [3.05, 3.63) is 0 Å². The largest absolute Gasteiger partial charge is 0.438 e. The fourth-order valence-corrected chi connectivity index (χ4v) is 0.801. The Hall–Kier alpha value is -1.10. The smallest absolute Gasteiger partial charge is 0.307 e. The van der Waals surface area contributed by atoms with Gasteiger partial charge in [-0.05, 0) is 12.8 Å². The lowest BCUT2D eigenvalue weighted by Crippen LogP contribution is -2.12. The van der Waals surface area contributed by atoms with Gasteiger partial charge in [-0.25, -0.2) is 0 Å². The van der Waals surface area contributed by atoms with E-state index in [9.17, 15) is 9.59 Å². The number of esters is 2. The lowest BCUT2D eigenvalue weighted by atomic mass is 10.3. The predicted molar refractivity (Wildman–Crippen MR) is 52.8 cm³/mol. The van der Waals surface area contributed by atoms with Crippen molar-refractivity contribution >= 4 is 11.9 Å². The van der Waals surface area contributed by atoms with Crippen molar-refractivity contribution in [1.82, 2.24) is 0 Å². The Kier molecular flexibility index (Phi) is 8.76. The zero-order valence-electron chi connectivity index (χ0n) is 9.28. The predicted octanol–water partition coefficient (Wildman–Crippen LogP) is 1.60. The Balaban J connectivity index is 3.24. The maximum absolute atomic E-state index is 10.8. The average molecular weight is 218 g/mol. The zero-order valence-corrected chi connectivity index (χ0v) is 9.28. The third-order valence-electron chi connectivity index (χ3n) is 1.51. The lowest BCUT2D eigenvalue weighted by Gasteiger charge is -2.06. The third-order valence-corrected chi connectivity index (χ3v) is 1.51. The molecule has 0 radical (unpaired) electrons. The van der Waals surface area contributed by atoms with E-state index in [4.69, 9.17) is 4.74 Å². The van der Waals surface area contributed by atoms with E-state index >= 15 is 0 Å². The molecule has 5 nitrogen and oxygen atoms in total. The molecule has 0 saturated carbocycles. The Bertz CT molecular complexity index is 170. The number of rotatable bonds is 8. The minimum atomic E-state index is -0.308. The number of carbonyl (C=O) groups excluding carboxylic acids is 2. The Labute approximate surface area is 89.7 Å². The van der Waals surface area contributed by atoms with Crippen LogP contribution >= 0.6 is 0 Å². The van der Waals surface area contributed by atoms with Gasteiger partial charge in [0.1, 0.15) is 0 Å². The molecule has 0 atom stereocenters. The molecule has 0 aliphatic carbocycles. The Morgan fingerprint density at radius 2 is 1.27 bits per heavy atom. The van der Waals surface area contributed by atoms with Crippen LogP contribution in [-0.2, 0) is 23.8 Å². The van der Waals surface area contributed by atoms with E-state index in [1.807, 2.05) is 13.8 Å². The van der Waals surface area contributed by atoms with Crippen LogP contribution in [0.1, 0.15) is 39.5 Å². The van der Waals surface area contributed by atoms with Gasteiger partial charge >= 0.3 is 11.9 Å². The second kappa shape index (κ2) is 9.45. The first-order valence-corrected chi connectivity index (χ1v) is 5.09. The molecule has 0 heterocycles. The fourth-order valence-electron chi connectivity index (χ4n) is 0.801. The molecule has 0 amide bonds. The van der Waals surface area contributed by atoms with E-state index in [1.165, 1.54) is 0 Å². The van der Waals surface area contributed by atoms with Crippen LogP contribution in [0, 0.1) is 0 Å². The van der Waals surface area contributed by atoms with Crippen molar-refractivity contribution in [3.8, 4) is 0 Å². The van der Waals surface area contributed by atoms with E-state index in [0.717, 1.165) is 12.8 Å². The van der Waals surface area contributed by atoms with E-state index in [2.05, 4.69) is 9.47 Å². The molecular formula is C10H18O5. The molecule has 0 aromatic carbocycles. The Morgan fingerprint density at radius 3 is 1.60 bits per heavy atom.